The van der Waals surface area contributed by atoms with Crippen molar-refractivity contribution in [2.45, 2.75) is 25.7 Å². The van der Waals surface area contributed by atoms with Crippen LogP contribution in [0.25, 0.3) is 77.4 Å². The molecule has 0 bridgehead atoms. The Hall–Kier alpha value is -5.14. The molecule has 0 unspecified atom stereocenters. The second kappa shape index (κ2) is 9.71. The fourth-order valence-electron chi connectivity index (χ4n) is 7.43. The van der Waals surface area contributed by atoms with E-state index in [1.807, 2.05) is 0 Å². The van der Waals surface area contributed by atoms with Gasteiger partial charge in [-0.25, -0.2) is 0 Å². The zero-order valence-corrected chi connectivity index (χ0v) is 23.9. The van der Waals surface area contributed by atoms with Crippen LogP contribution in [0.5, 0.6) is 0 Å². The highest BCUT2D eigenvalue weighted by molar-refractivity contribution is 6.20. The largest absolute Gasteiger partial charge is 0.455 e. The molecule has 0 saturated carbocycles. The quantitative estimate of drug-likeness (QED) is 0.199. The molecule has 2 aliphatic rings. The first-order valence-corrected chi connectivity index (χ1v) is 15.4. The number of benzene rings is 6. The number of furan rings is 1. The fourth-order valence-corrected chi connectivity index (χ4v) is 7.43. The van der Waals surface area contributed by atoms with Gasteiger partial charge in [-0.3, -0.25) is 0 Å². The average Bonchev–Trinajstić information content (AvgIpc) is 3.44. The summed E-state index contributed by atoms with van der Waals surface area (Å²) in [5.41, 5.74) is 12.2. The molecular formula is C42H30O. The van der Waals surface area contributed by atoms with Crippen LogP contribution in [0.4, 0.5) is 0 Å². The maximum Gasteiger partial charge on any atom is 0.143 e. The summed E-state index contributed by atoms with van der Waals surface area (Å²) in [5, 5.41) is 7.58. The highest BCUT2D eigenvalue weighted by atomic mass is 16.3. The van der Waals surface area contributed by atoms with Crippen LogP contribution < -0.4 is 0 Å². The van der Waals surface area contributed by atoms with Gasteiger partial charge in [0, 0.05) is 16.3 Å². The van der Waals surface area contributed by atoms with Gasteiger partial charge in [0.2, 0.25) is 0 Å². The molecule has 1 aromatic heterocycles. The molecular weight excluding hydrogens is 520 g/mol. The monoisotopic (exact) mass is 550 g/mol. The van der Waals surface area contributed by atoms with Gasteiger partial charge in [0.1, 0.15) is 11.2 Å². The first-order chi connectivity index (χ1) is 21.3. The smallest absolute Gasteiger partial charge is 0.143 e. The van der Waals surface area contributed by atoms with E-state index in [2.05, 4.69) is 134 Å². The number of fused-ring (bicyclic) bond motifs is 6. The zero-order valence-electron chi connectivity index (χ0n) is 23.9. The van der Waals surface area contributed by atoms with Crippen molar-refractivity contribution in [2.75, 3.05) is 0 Å². The number of rotatable bonds is 3. The fraction of sp³-hybridized carbons (Fsp3) is 0.0952. The first kappa shape index (κ1) is 24.5. The third kappa shape index (κ3) is 3.78. The van der Waals surface area contributed by atoms with Crippen molar-refractivity contribution in [3.63, 3.8) is 0 Å². The number of para-hydroxylation sites is 1. The van der Waals surface area contributed by atoms with Gasteiger partial charge >= 0.3 is 0 Å². The summed E-state index contributed by atoms with van der Waals surface area (Å²) in [7, 11) is 0. The molecule has 0 amide bonds. The molecule has 6 aromatic carbocycles. The Morgan fingerprint density at radius 3 is 1.86 bits per heavy atom. The van der Waals surface area contributed by atoms with Crippen LogP contribution in [0, 0.1) is 0 Å². The molecule has 0 spiro atoms. The molecule has 0 saturated heterocycles. The van der Waals surface area contributed by atoms with E-state index in [1.54, 1.807) is 0 Å². The molecule has 0 fully saturated rings. The second-order valence-electron chi connectivity index (χ2n) is 11.8. The van der Waals surface area contributed by atoms with Crippen LogP contribution in [-0.2, 0) is 6.42 Å². The third-order valence-corrected chi connectivity index (χ3v) is 9.31. The Morgan fingerprint density at radius 1 is 0.488 bits per heavy atom. The summed E-state index contributed by atoms with van der Waals surface area (Å²) in [6, 6.07) is 37.8. The molecule has 0 aliphatic heterocycles. The molecule has 7 aromatic rings. The van der Waals surface area contributed by atoms with Gasteiger partial charge in [-0.05, 0) is 104 Å². The van der Waals surface area contributed by atoms with Crippen LogP contribution >= 0.6 is 0 Å². The summed E-state index contributed by atoms with van der Waals surface area (Å²) < 4.78 is 6.63. The van der Waals surface area contributed by atoms with Gasteiger partial charge < -0.3 is 4.42 Å². The Labute approximate surface area is 251 Å². The minimum Gasteiger partial charge on any atom is -0.455 e. The van der Waals surface area contributed by atoms with Gasteiger partial charge in [0.25, 0.3) is 0 Å². The Balaban J connectivity index is 1.35. The van der Waals surface area contributed by atoms with E-state index in [0.717, 1.165) is 36.8 Å². The van der Waals surface area contributed by atoms with Gasteiger partial charge in [-0.2, -0.15) is 0 Å². The van der Waals surface area contributed by atoms with Crippen molar-refractivity contribution in [3.8, 4) is 22.3 Å². The predicted molar refractivity (Wildman–Crippen MR) is 183 cm³/mol. The lowest BCUT2D eigenvalue weighted by molar-refractivity contribution is 0.669. The molecule has 43 heavy (non-hydrogen) atoms. The Morgan fingerprint density at radius 2 is 1.14 bits per heavy atom. The molecule has 1 heteroatoms. The SMILES string of the molecule is C1=CC(c2c3ccccc3c(-c3cccc(-c4c5c(cc6c4oc4ccccc46)CCC=C5)c3)c3ccccc23)=CCC1. The summed E-state index contributed by atoms with van der Waals surface area (Å²) in [6.07, 6.45) is 16.0. The predicted octanol–water partition coefficient (Wildman–Crippen LogP) is 11.9. The number of hydrogen-bond acceptors (Lipinski definition) is 1. The average molecular weight is 551 g/mol. The van der Waals surface area contributed by atoms with Crippen LogP contribution in [0.3, 0.4) is 0 Å². The van der Waals surface area contributed by atoms with Crippen molar-refractivity contribution in [2.24, 2.45) is 0 Å². The molecule has 1 nitrogen and oxygen atoms in total. The summed E-state index contributed by atoms with van der Waals surface area (Å²) in [5.74, 6) is 0. The topological polar surface area (TPSA) is 13.1 Å². The lowest BCUT2D eigenvalue weighted by Crippen LogP contribution is -1.98. The van der Waals surface area contributed by atoms with Crippen molar-refractivity contribution in [3.05, 3.63) is 144 Å². The number of allylic oxidation sites excluding steroid dienone is 5. The number of aryl methyl sites for hydroxylation is 1. The minimum absolute atomic E-state index is 0.944. The molecule has 2 aliphatic carbocycles. The Kier molecular flexibility index (Phi) is 5.52. The maximum absolute atomic E-state index is 6.63. The first-order valence-electron chi connectivity index (χ1n) is 15.4. The van der Waals surface area contributed by atoms with Crippen LogP contribution in [0.2, 0.25) is 0 Å². The van der Waals surface area contributed by atoms with Crippen LogP contribution in [0.15, 0.2) is 132 Å². The summed E-state index contributed by atoms with van der Waals surface area (Å²) in [4.78, 5) is 0. The minimum atomic E-state index is 0.944. The van der Waals surface area contributed by atoms with Gasteiger partial charge in [0.15, 0.2) is 0 Å². The lowest BCUT2D eigenvalue weighted by atomic mass is 9.83. The van der Waals surface area contributed by atoms with E-state index >= 15 is 0 Å². The van der Waals surface area contributed by atoms with Gasteiger partial charge in [-0.1, -0.05) is 115 Å². The normalized spacial score (nSPS) is 14.6. The van der Waals surface area contributed by atoms with Gasteiger partial charge in [0.05, 0.1) is 0 Å². The molecule has 204 valence electrons. The summed E-state index contributed by atoms with van der Waals surface area (Å²) >= 11 is 0. The van der Waals surface area contributed by atoms with E-state index in [0.29, 0.717) is 0 Å². The lowest BCUT2D eigenvalue weighted by Gasteiger charge is -2.20. The molecule has 0 radical (unpaired) electrons. The number of hydrogen-bond donors (Lipinski definition) is 0. The van der Waals surface area contributed by atoms with Crippen LogP contribution in [-0.4, -0.2) is 0 Å². The molecule has 0 N–H and O–H groups in total. The highest BCUT2D eigenvalue weighted by Crippen LogP contribution is 2.46. The van der Waals surface area contributed by atoms with E-state index in [4.69, 9.17) is 4.42 Å². The third-order valence-electron chi connectivity index (χ3n) is 9.31. The van der Waals surface area contributed by atoms with Crippen molar-refractivity contribution >= 4 is 55.1 Å². The van der Waals surface area contributed by atoms with Gasteiger partial charge in [-0.15, -0.1) is 0 Å². The van der Waals surface area contributed by atoms with Crippen molar-refractivity contribution in [1.82, 2.24) is 0 Å². The Bertz CT molecular complexity index is 2280. The molecule has 9 rings (SSSR count). The standard InChI is InChI=1S/C42H30O/c1-2-13-27(14-3-1)39-33-20-6-8-22-35(33)40(36-23-9-7-21-34(36)39)29-16-12-17-30(25-29)41-31-18-5-4-15-28(31)26-37-32-19-10-11-24-38(32)43-42(37)41/h2,5-14,16-26H,1,3-4,15H2. The van der Waals surface area contributed by atoms with Crippen LogP contribution in [0.1, 0.15) is 36.0 Å². The highest BCUT2D eigenvalue weighted by Gasteiger charge is 2.22. The zero-order chi connectivity index (χ0) is 28.3. The molecule has 0 atom stereocenters. The summed E-state index contributed by atoms with van der Waals surface area (Å²) in [6.45, 7) is 0. The van der Waals surface area contributed by atoms with Crippen molar-refractivity contribution in [1.29, 1.82) is 0 Å². The van der Waals surface area contributed by atoms with Crippen molar-refractivity contribution < 1.29 is 4.42 Å². The van der Waals surface area contributed by atoms with E-state index in [1.165, 1.54) is 76.8 Å². The second-order valence-corrected chi connectivity index (χ2v) is 11.8. The van der Waals surface area contributed by atoms with E-state index in [9.17, 15) is 0 Å². The van der Waals surface area contributed by atoms with E-state index < -0.39 is 0 Å². The maximum atomic E-state index is 6.63. The van der Waals surface area contributed by atoms with E-state index in [-0.39, 0.29) is 0 Å². The molecule has 1 heterocycles.